The number of halogens is 1. The lowest BCUT2D eigenvalue weighted by atomic mass is 10.1. The highest BCUT2D eigenvalue weighted by Gasteiger charge is 2.17. The fourth-order valence-corrected chi connectivity index (χ4v) is 2.42. The van der Waals surface area contributed by atoms with Gasteiger partial charge < -0.3 is 15.3 Å². The first-order chi connectivity index (χ1) is 10.5. The Morgan fingerprint density at radius 2 is 1.91 bits per heavy atom. The van der Waals surface area contributed by atoms with Crippen LogP contribution in [0.4, 0.5) is 0 Å². The smallest absolute Gasteiger partial charge is 0.255 e. The summed E-state index contributed by atoms with van der Waals surface area (Å²) in [5.74, 6) is -0.425. The van der Waals surface area contributed by atoms with E-state index in [1.807, 2.05) is 49.3 Å². The maximum absolute atomic E-state index is 12.2. The third kappa shape index (κ3) is 4.00. The lowest BCUT2D eigenvalue weighted by molar-refractivity contribution is 0.0939. The zero-order chi connectivity index (χ0) is 16.1. The third-order valence-electron chi connectivity index (χ3n) is 3.47. The van der Waals surface area contributed by atoms with Gasteiger partial charge in [-0.1, -0.05) is 41.9 Å². The molecule has 0 aliphatic heterocycles. The number of phenols is 1. The number of rotatable bonds is 5. The Hall–Kier alpha value is -2.04. The molecule has 2 aromatic carbocycles. The molecule has 1 unspecified atom stereocenters. The van der Waals surface area contributed by atoms with Gasteiger partial charge in [-0.15, -0.1) is 0 Å². The fraction of sp³-hybridized carbons (Fsp3) is 0.235. The summed E-state index contributed by atoms with van der Waals surface area (Å²) in [6.45, 7) is 0.432. The first-order valence-corrected chi connectivity index (χ1v) is 7.35. The van der Waals surface area contributed by atoms with E-state index in [1.54, 1.807) is 6.07 Å². The fourth-order valence-electron chi connectivity index (χ4n) is 2.25. The highest BCUT2D eigenvalue weighted by Crippen LogP contribution is 2.22. The predicted octanol–water partition coefficient (Wildman–Crippen LogP) is 3.08. The van der Waals surface area contributed by atoms with E-state index in [0.717, 1.165) is 5.56 Å². The lowest BCUT2D eigenvalue weighted by Gasteiger charge is -2.25. The van der Waals surface area contributed by atoms with Crippen molar-refractivity contribution in [3.63, 3.8) is 0 Å². The molecule has 2 rings (SSSR count). The van der Waals surface area contributed by atoms with Gasteiger partial charge >= 0.3 is 0 Å². The molecular formula is C17H19ClN2O2. The highest BCUT2D eigenvalue weighted by molar-refractivity contribution is 6.31. The predicted molar refractivity (Wildman–Crippen MR) is 88.3 cm³/mol. The molecule has 0 bridgehead atoms. The van der Waals surface area contributed by atoms with Crippen LogP contribution in [-0.2, 0) is 0 Å². The van der Waals surface area contributed by atoms with E-state index in [9.17, 15) is 9.90 Å². The summed E-state index contributed by atoms with van der Waals surface area (Å²) in [5, 5.41) is 13.0. The van der Waals surface area contributed by atoms with Gasteiger partial charge in [-0.25, -0.2) is 0 Å². The Morgan fingerprint density at radius 1 is 1.23 bits per heavy atom. The zero-order valence-electron chi connectivity index (χ0n) is 12.6. The zero-order valence-corrected chi connectivity index (χ0v) is 13.3. The molecule has 22 heavy (non-hydrogen) atoms. The Morgan fingerprint density at radius 3 is 2.55 bits per heavy atom. The number of likely N-dealkylation sites (N-methyl/N-ethyl adjacent to an activating group) is 1. The molecule has 1 amide bonds. The van der Waals surface area contributed by atoms with Gasteiger partial charge in [0.05, 0.1) is 11.6 Å². The molecule has 4 nitrogen and oxygen atoms in total. The molecule has 2 aromatic rings. The second kappa shape index (κ2) is 7.29. The molecule has 5 heteroatoms. The largest absolute Gasteiger partial charge is 0.507 e. The molecule has 0 aliphatic carbocycles. The minimum Gasteiger partial charge on any atom is -0.507 e. The van der Waals surface area contributed by atoms with Crippen LogP contribution in [0.25, 0.3) is 0 Å². The summed E-state index contributed by atoms with van der Waals surface area (Å²) in [6, 6.07) is 14.4. The molecule has 116 valence electrons. The van der Waals surface area contributed by atoms with Gasteiger partial charge in [-0.3, -0.25) is 4.79 Å². The number of nitrogens with zero attached hydrogens (tertiary/aromatic N) is 1. The number of amides is 1. The van der Waals surface area contributed by atoms with Crippen molar-refractivity contribution in [3.8, 4) is 5.75 Å². The topological polar surface area (TPSA) is 52.6 Å². The molecule has 0 aliphatic rings. The molecule has 0 heterocycles. The van der Waals surface area contributed by atoms with E-state index in [4.69, 9.17) is 11.6 Å². The second-order valence-electron chi connectivity index (χ2n) is 5.26. The average molecular weight is 319 g/mol. The van der Waals surface area contributed by atoms with Gasteiger partial charge in [0.2, 0.25) is 0 Å². The van der Waals surface area contributed by atoms with E-state index < -0.39 is 0 Å². The molecular weight excluding hydrogens is 300 g/mol. The van der Waals surface area contributed by atoms with Crippen molar-refractivity contribution in [1.82, 2.24) is 10.2 Å². The summed E-state index contributed by atoms with van der Waals surface area (Å²) in [7, 11) is 3.92. The average Bonchev–Trinajstić information content (AvgIpc) is 2.50. The van der Waals surface area contributed by atoms with Crippen LogP contribution in [0, 0.1) is 0 Å². The maximum atomic E-state index is 12.2. The van der Waals surface area contributed by atoms with Crippen LogP contribution >= 0.6 is 11.6 Å². The number of hydrogen-bond acceptors (Lipinski definition) is 3. The van der Waals surface area contributed by atoms with Crippen molar-refractivity contribution in [1.29, 1.82) is 0 Å². The Bertz CT molecular complexity index is 644. The second-order valence-corrected chi connectivity index (χ2v) is 5.70. The number of phenolic OH excluding ortho intramolecular Hbond substituents is 1. The summed E-state index contributed by atoms with van der Waals surface area (Å²) in [5.41, 5.74) is 1.29. The summed E-state index contributed by atoms with van der Waals surface area (Å²) in [4.78, 5) is 14.3. The van der Waals surface area contributed by atoms with Gasteiger partial charge in [-0.05, 0) is 37.9 Å². The Kier molecular flexibility index (Phi) is 5.41. The minimum atomic E-state index is -0.345. The van der Waals surface area contributed by atoms with Gasteiger partial charge in [0.25, 0.3) is 5.91 Å². The van der Waals surface area contributed by atoms with E-state index >= 15 is 0 Å². The van der Waals surface area contributed by atoms with Crippen molar-refractivity contribution in [3.05, 3.63) is 64.7 Å². The first kappa shape index (κ1) is 16.3. The number of hydrogen-bond donors (Lipinski definition) is 2. The highest BCUT2D eigenvalue weighted by atomic mass is 35.5. The Balaban J connectivity index is 2.10. The van der Waals surface area contributed by atoms with Crippen molar-refractivity contribution in [2.24, 2.45) is 0 Å². The first-order valence-electron chi connectivity index (χ1n) is 6.97. The van der Waals surface area contributed by atoms with Crippen molar-refractivity contribution in [2.45, 2.75) is 6.04 Å². The molecule has 1 atom stereocenters. The number of benzene rings is 2. The summed E-state index contributed by atoms with van der Waals surface area (Å²) < 4.78 is 0. The van der Waals surface area contributed by atoms with Crippen molar-refractivity contribution in [2.75, 3.05) is 20.6 Å². The summed E-state index contributed by atoms with van der Waals surface area (Å²) >= 11 is 5.87. The quantitative estimate of drug-likeness (QED) is 0.890. The van der Waals surface area contributed by atoms with Crippen LogP contribution in [0.1, 0.15) is 22.0 Å². The van der Waals surface area contributed by atoms with Crippen LogP contribution in [0.2, 0.25) is 5.02 Å². The summed E-state index contributed by atoms with van der Waals surface area (Å²) in [6.07, 6.45) is 0. The standard InChI is InChI=1S/C17H19ClN2O2/c1-20(2)15(12-6-4-3-5-7-12)11-19-17(22)14-10-13(18)8-9-16(14)21/h3-10,15,21H,11H2,1-2H3,(H,19,22). The SMILES string of the molecule is CN(C)C(CNC(=O)c1cc(Cl)ccc1O)c1ccccc1. The van der Waals surface area contributed by atoms with Crippen LogP contribution in [0.5, 0.6) is 5.75 Å². The number of nitrogens with one attached hydrogen (secondary N) is 1. The van der Waals surface area contributed by atoms with E-state index in [-0.39, 0.29) is 23.3 Å². The van der Waals surface area contributed by atoms with Crippen molar-refractivity contribution >= 4 is 17.5 Å². The molecule has 0 spiro atoms. The number of carbonyl (C=O) groups excluding carboxylic acids is 1. The molecule has 0 aromatic heterocycles. The minimum absolute atomic E-state index is 0.0477. The maximum Gasteiger partial charge on any atom is 0.255 e. The van der Waals surface area contributed by atoms with Gasteiger partial charge in [-0.2, -0.15) is 0 Å². The van der Waals surface area contributed by atoms with Crippen molar-refractivity contribution < 1.29 is 9.90 Å². The van der Waals surface area contributed by atoms with Crippen LogP contribution in [-0.4, -0.2) is 36.6 Å². The molecule has 0 radical (unpaired) electrons. The van der Waals surface area contributed by atoms with E-state index in [2.05, 4.69) is 5.32 Å². The van der Waals surface area contributed by atoms with Gasteiger partial charge in [0, 0.05) is 11.6 Å². The molecule has 0 saturated carbocycles. The normalized spacial score (nSPS) is 12.2. The number of carbonyl (C=O) groups is 1. The van der Waals surface area contributed by atoms with E-state index in [0.29, 0.717) is 11.6 Å². The van der Waals surface area contributed by atoms with Crippen LogP contribution < -0.4 is 5.32 Å². The van der Waals surface area contributed by atoms with Crippen LogP contribution in [0.15, 0.2) is 48.5 Å². The third-order valence-corrected chi connectivity index (χ3v) is 3.70. The molecule has 0 saturated heterocycles. The van der Waals surface area contributed by atoms with Gasteiger partial charge in [0.1, 0.15) is 5.75 Å². The van der Waals surface area contributed by atoms with Gasteiger partial charge in [0.15, 0.2) is 0 Å². The van der Waals surface area contributed by atoms with Crippen LogP contribution in [0.3, 0.4) is 0 Å². The Labute approximate surface area is 135 Å². The number of aromatic hydroxyl groups is 1. The monoisotopic (exact) mass is 318 g/mol. The van der Waals surface area contributed by atoms with E-state index in [1.165, 1.54) is 12.1 Å². The lowest BCUT2D eigenvalue weighted by Crippen LogP contribution is -2.34. The molecule has 2 N–H and O–H groups in total. The molecule has 0 fully saturated rings.